The van der Waals surface area contributed by atoms with Gasteiger partial charge in [0.15, 0.2) is 0 Å². The molecule has 0 spiro atoms. The summed E-state index contributed by atoms with van der Waals surface area (Å²) in [5.41, 5.74) is 6.21. The lowest BCUT2D eigenvalue weighted by Gasteiger charge is -2.34. The molecule has 0 radical (unpaired) electrons. The molecule has 0 bridgehead atoms. The molecule has 106 valence electrons. The van der Waals surface area contributed by atoms with Gasteiger partial charge in [-0.15, -0.1) is 0 Å². The lowest BCUT2D eigenvalue weighted by Crippen LogP contribution is -2.47. The molecular formula is C13H19FN2O2S. The average molecular weight is 286 g/mol. The molecule has 6 heteroatoms. The van der Waals surface area contributed by atoms with E-state index in [2.05, 4.69) is 0 Å². The summed E-state index contributed by atoms with van der Waals surface area (Å²) in [5, 5.41) is 0. The average Bonchev–Trinajstić information content (AvgIpc) is 2.41. The van der Waals surface area contributed by atoms with E-state index in [-0.39, 0.29) is 10.9 Å². The van der Waals surface area contributed by atoms with Crippen molar-refractivity contribution in [1.82, 2.24) is 4.31 Å². The fourth-order valence-electron chi connectivity index (χ4n) is 2.50. The van der Waals surface area contributed by atoms with E-state index < -0.39 is 15.8 Å². The second-order valence-electron chi connectivity index (χ2n) is 4.91. The highest BCUT2D eigenvalue weighted by Crippen LogP contribution is 2.27. The fraction of sp³-hybridized carbons (Fsp3) is 0.538. The van der Waals surface area contributed by atoms with Crippen molar-refractivity contribution in [2.24, 2.45) is 5.73 Å². The molecule has 1 saturated heterocycles. The van der Waals surface area contributed by atoms with Gasteiger partial charge in [0, 0.05) is 19.1 Å². The number of hydrogen-bond acceptors (Lipinski definition) is 3. The van der Waals surface area contributed by atoms with Gasteiger partial charge in [-0.05, 0) is 37.5 Å². The molecule has 1 fully saturated rings. The number of piperidine rings is 1. The first-order valence-electron chi connectivity index (χ1n) is 6.45. The fourth-order valence-corrected chi connectivity index (χ4v) is 4.45. The second-order valence-corrected chi connectivity index (χ2v) is 6.77. The number of halogens is 1. The van der Waals surface area contributed by atoms with Crippen LogP contribution in [0.3, 0.4) is 0 Å². The predicted molar refractivity (Wildman–Crippen MR) is 71.7 cm³/mol. The van der Waals surface area contributed by atoms with Crippen molar-refractivity contribution >= 4 is 10.0 Å². The smallest absolute Gasteiger partial charge is 0.243 e. The highest BCUT2D eigenvalue weighted by atomic mass is 32.2. The minimum absolute atomic E-state index is 0.0489. The minimum atomic E-state index is -3.66. The van der Waals surface area contributed by atoms with Gasteiger partial charge in [0.05, 0.1) is 4.90 Å². The van der Waals surface area contributed by atoms with E-state index in [4.69, 9.17) is 5.73 Å². The summed E-state index contributed by atoms with van der Waals surface area (Å²) in [6, 6.07) is 3.67. The highest BCUT2D eigenvalue weighted by molar-refractivity contribution is 7.89. The van der Waals surface area contributed by atoms with Crippen LogP contribution in [0.25, 0.3) is 0 Å². The maximum atomic E-state index is 13.3. The number of hydrogen-bond donors (Lipinski definition) is 1. The molecule has 2 rings (SSSR count). The summed E-state index contributed by atoms with van der Waals surface area (Å²) in [7, 11) is -3.66. The molecule has 0 saturated carbocycles. The van der Waals surface area contributed by atoms with Gasteiger partial charge >= 0.3 is 0 Å². The molecule has 19 heavy (non-hydrogen) atoms. The van der Waals surface area contributed by atoms with E-state index in [0.29, 0.717) is 18.7 Å². The third kappa shape index (κ3) is 2.80. The molecule has 1 aromatic rings. The first-order valence-corrected chi connectivity index (χ1v) is 7.89. The van der Waals surface area contributed by atoms with Crippen molar-refractivity contribution in [2.75, 3.05) is 13.1 Å². The van der Waals surface area contributed by atoms with Gasteiger partial charge in [0.2, 0.25) is 10.0 Å². The van der Waals surface area contributed by atoms with Gasteiger partial charge in [-0.1, -0.05) is 12.5 Å². The normalized spacial score (nSPS) is 21.5. The Morgan fingerprint density at radius 2 is 2.16 bits per heavy atom. The number of aryl methyl sites for hydroxylation is 1. The monoisotopic (exact) mass is 286 g/mol. The Bertz CT molecular complexity index is 560. The molecule has 1 heterocycles. The number of nitrogens with zero attached hydrogens (tertiary/aromatic N) is 1. The van der Waals surface area contributed by atoms with E-state index in [9.17, 15) is 12.8 Å². The lowest BCUT2D eigenvalue weighted by molar-refractivity contribution is 0.257. The van der Waals surface area contributed by atoms with E-state index >= 15 is 0 Å². The van der Waals surface area contributed by atoms with Crippen molar-refractivity contribution in [3.05, 3.63) is 29.6 Å². The van der Waals surface area contributed by atoms with Crippen LogP contribution in [-0.4, -0.2) is 31.9 Å². The molecule has 0 aromatic heterocycles. The van der Waals surface area contributed by atoms with Crippen molar-refractivity contribution in [1.29, 1.82) is 0 Å². The van der Waals surface area contributed by atoms with Crippen LogP contribution in [-0.2, 0) is 10.0 Å². The van der Waals surface area contributed by atoms with Crippen LogP contribution in [0.2, 0.25) is 0 Å². The van der Waals surface area contributed by atoms with Crippen LogP contribution < -0.4 is 5.73 Å². The number of nitrogens with two attached hydrogens (primary N) is 1. The molecular weight excluding hydrogens is 267 g/mol. The molecule has 2 N–H and O–H groups in total. The molecule has 0 amide bonds. The van der Waals surface area contributed by atoms with E-state index in [0.717, 1.165) is 25.3 Å². The molecule has 1 aliphatic heterocycles. The Balaban J connectivity index is 2.43. The summed E-state index contributed by atoms with van der Waals surface area (Å²) in [5.74, 6) is -0.537. The lowest BCUT2D eigenvalue weighted by atomic mass is 10.1. The third-order valence-electron chi connectivity index (χ3n) is 3.58. The molecule has 1 atom stereocenters. The van der Waals surface area contributed by atoms with Gasteiger partial charge < -0.3 is 5.73 Å². The zero-order chi connectivity index (χ0) is 14.0. The minimum Gasteiger partial charge on any atom is -0.329 e. The Hall–Kier alpha value is -0.980. The summed E-state index contributed by atoms with van der Waals surface area (Å²) < 4.78 is 40.0. The zero-order valence-corrected chi connectivity index (χ0v) is 11.8. The number of rotatable bonds is 3. The van der Waals surface area contributed by atoms with Crippen molar-refractivity contribution in [3.63, 3.8) is 0 Å². The van der Waals surface area contributed by atoms with Crippen LogP contribution >= 0.6 is 0 Å². The largest absolute Gasteiger partial charge is 0.329 e. The van der Waals surface area contributed by atoms with Crippen molar-refractivity contribution in [3.8, 4) is 0 Å². The first kappa shape index (κ1) is 14.4. The van der Waals surface area contributed by atoms with E-state index in [1.165, 1.54) is 16.4 Å². The summed E-state index contributed by atoms with van der Waals surface area (Å²) in [6.45, 7) is 2.43. The van der Waals surface area contributed by atoms with E-state index in [1.807, 2.05) is 0 Å². The molecule has 4 nitrogen and oxygen atoms in total. The Labute approximate surface area is 113 Å². The molecule has 0 aliphatic carbocycles. The van der Waals surface area contributed by atoms with Gasteiger partial charge in [-0.3, -0.25) is 0 Å². The maximum absolute atomic E-state index is 13.3. The molecule has 1 aromatic carbocycles. The Morgan fingerprint density at radius 3 is 2.84 bits per heavy atom. The van der Waals surface area contributed by atoms with Crippen molar-refractivity contribution in [2.45, 2.75) is 37.1 Å². The topological polar surface area (TPSA) is 63.4 Å². The molecule has 1 aliphatic rings. The van der Waals surface area contributed by atoms with Crippen LogP contribution in [0.15, 0.2) is 23.1 Å². The summed E-state index contributed by atoms with van der Waals surface area (Å²) >= 11 is 0. The van der Waals surface area contributed by atoms with Gasteiger partial charge in [-0.2, -0.15) is 4.31 Å². The van der Waals surface area contributed by atoms with Crippen LogP contribution in [0.1, 0.15) is 24.8 Å². The van der Waals surface area contributed by atoms with Gasteiger partial charge in [0.1, 0.15) is 5.82 Å². The first-order chi connectivity index (χ1) is 8.96. The van der Waals surface area contributed by atoms with Crippen LogP contribution in [0, 0.1) is 12.7 Å². The molecule has 0 unspecified atom stereocenters. The summed E-state index contributed by atoms with van der Waals surface area (Å²) in [6.07, 6.45) is 2.57. The quantitative estimate of drug-likeness (QED) is 0.918. The SMILES string of the molecule is Cc1ccc(F)cc1S(=O)(=O)N1CCCC[C@@H]1CN. The van der Waals surface area contributed by atoms with Crippen LogP contribution in [0.5, 0.6) is 0 Å². The Morgan fingerprint density at radius 1 is 1.42 bits per heavy atom. The van der Waals surface area contributed by atoms with Gasteiger partial charge in [0.25, 0.3) is 0 Å². The number of sulfonamides is 1. The van der Waals surface area contributed by atoms with Crippen molar-refractivity contribution < 1.29 is 12.8 Å². The second kappa shape index (κ2) is 5.56. The van der Waals surface area contributed by atoms with E-state index in [1.54, 1.807) is 6.92 Å². The standard InChI is InChI=1S/C13H19FN2O2S/c1-10-5-6-11(14)8-13(10)19(17,18)16-7-3-2-4-12(16)9-15/h5-6,8,12H,2-4,7,9,15H2,1H3/t12-/m1/s1. The number of benzene rings is 1. The Kier molecular flexibility index (Phi) is 4.23. The third-order valence-corrected chi connectivity index (χ3v) is 5.68. The summed E-state index contributed by atoms with van der Waals surface area (Å²) in [4.78, 5) is 0.0489. The highest BCUT2D eigenvalue weighted by Gasteiger charge is 2.33. The van der Waals surface area contributed by atoms with Gasteiger partial charge in [-0.25, -0.2) is 12.8 Å². The predicted octanol–water partition coefficient (Wildman–Crippen LogP) is 1.64. The van der Waals surface area contributed by atoms with Crippen LogP contribution in [0.4, 0.5) is 4.39 Å². The zero-order valence-electron chi connectivity index (χ0n) is 11.0. The maximum Gasteiger partial charge on any atom is 0.243 e.